The molecule has 0 spiro atoms. The number of benzene rings is 1. The zero-order valence-electron chi connectivity index (χ0n) is 7.42. The van der Waals surface area contributed by atoms with Gasteiger partial charge in [0.1, 0.15) is 0 Å². The number of rotatable bonds is 3. The van der Waals surface area contributed by atoms with Gasteiger partial charge in [-0.1, -0.05) is 23.8 Å². The number of Topliss-reactive ketones (excluding diaryl/α,β-unsaturated/α-hetero) is 1. The third-order valence-corrected chi connectivity index (χ3v) is 1.68. The molecule has 0 aliphatic heterocycles. The third-order valence-electron chi connectivity index (χ3n) is 1.68. The summed E-state index contributed by atoms with van der Waals surface area (Å²) in [7, 11) is 1.77. The number of carbonyl (C=O) groups is 1. The first-order valence-corrected chi connectivity index (χ1v) is 3.98. The SMILES string of the molecule is CNCC(=O)c1cccc(C)c1. The zero-order valence-corrected chi connectivity index (χ0v) is 7.42. The van der Waals surface area contributed by atoms with Crippen molar-refractivity contribution in [1.82, 2.24) is 5.32 Å². The van der Waals surface area contributed by atoms with Gasteiger partial charge in [-0.2, -0.15) is 0 Å². The van der Waals surface area contributed by atoms with Gasteiger partial charge in [-0.3, -0.25) is 4.79 Å². The Hall–Kier alpha value is -1.15. The summed E-state index contributed by atoms with van der Waals surface area (Å²) in [6.07, 6.45) is 0. The van der Waals surface area contributed by atoms with Crippen LogP contribution in [-0.4, -0.2) is 19.4 Å². The van der Waals surface area contributed by atoms with Crippen LogP contribution in [0.4, 0.5) is 0 Å². The third kappa shape index (κ3) is 2.17. The zero-order chi connectivity index (χ0) is 8.97. The van der Waals surface area contributed by atoms with Gasteiger partial charge in [-0.15, -0.1) is 0 Å². The molecule has 1 aromatic rings. The fourth-order valence-electron chi connectivity index (χ4n) is 1.08. The molecule has 0 amide bonds. The van der Waals surface area contributed by atoms with Gasteiger partial charge in [0.15, 0.2) is 5.78 Å². The number of ketones is 1. The van der Waals surface area contributed by atoms with E-state index < -0.39 is 0 Å². The molecule has 0 unspecified atom stereocenters. The molecule has 1 N–H and O–H groups in total. The Morgan fingerprint density at radius 2 is 2.25 bits per heavy atom. The van der Waals surface area contributed by atoms with E-state index in [1.807, 2.05) is 31.2 Å². The highest BCUT2D eigenvalue weighted by atomic mass is 16.1. The first-order valence-electron chi connectivity index (χ1n) is 3.98. The highest BCUT2D eigenvalue weighted by molar-refractivity contribution is 5.97. The molecule has 1 rings (SSSR count). The van der Waals surface area contributed by atoms with E-state index in [9.17, 15) is 4.79 Å². The number of likely N-dealkylation sites (N-methyl/N-ethyl adjacent to an activating group) is 1. The number of aryl methyl sites for hydroxylation is 1. The summed E-state index contributed by atoms with van der Waals surface area (Å²) in [5, 5.41) is 2.84. The summed E-state index contributed by atoms with van der Waals surface area (Å²) >= 11 is 0. The van der Waals surface area contributed by atoms with Crippen molar-refractivity contribution in [1.29, 1.82) is 0 Å². The van der Waals surface area contributed by atoms with Gasteiger partial charge in [0, 0.05) is 5.56 Å². The summed E-state index contributed by atoms with van der Waals surface area (Å²) in [4.78, 5) is 11.3. The average molecular weight is 163 g/mol. The lowest BCUT2D eigenvalue weighted by Gasteiger charge is -2.00. The summed E-state index contributed by atoms with van der Waals surface area (Å²) in [5.74, 6) is 0.140. The van der Waals surface area contributed by atoms with Crippen LogP contribution in [0.2, 0.25) is 0 Å². The average Bonchev–Trinajstić information content (AvgIpc) is 2.05. The minimum absolute atomic E-state index is 0.140. The Morgan fingerprint density at radius 3 is 2.83 bits per heavy atom. The molecule has 1 aromatic carbocycles. The second-order valence-electron chi connectivity index (χ2n) is 2.82. The van der Waals surface area contributed by atoms with Crippen LogP contribution in [0, 0.1) is 6.92 Å². The molecule has 0 radical (unpaired) electrons. The lowest BCUT2D eigenvalue weighted by atomic mass is 10.1. The molecule has 0 saturated carbocycles. The van der Waals surface area contributed by atoms with Gasteiger partial charge in [-0.25, -0.2) is 0 Å². The van der Waals surface area contributed by atoms with Gasteiger partial charge in [0.25, 0.3) is 0 Å². The van der Waals surface area contributed by atoms with Crippen molar-refractivity contribution in [3.63, 3.8) is 0 Å². The van der Waals surface area contributed by atoms with Crippen molar-refractivity contribution < 1.29 is 4.79 Å². The number of hydrogen-bond donors (Lipinski definition) is 1. The van der Waals surface area contributed by atoms with Crippen molar-refractivity contribution in [2.75, 3.05) is 13.6 Å². The molecule has 0 aromatic heterocycles. The van der Waals surface area contributed by atoms with E-state index >= 15 is 0 Å². The molecule has 12 heavy (non-hydrogen) atoms. The Morgan fingerprint density at radius 1 is 1.50 bits per heavy atom. The van der Waals surface area contributed by atoms with Crippen molar-refractivity contribution >= 4 is 5.78 Å². The summed E-state index contributed by atoms with van der Waals surface area (Å²) < 4.78 is 0. The first kappa shape index (κ1) is 8.94. The van der Waals surface area contributed by atoms with Crippen LogP contribution in [0.1, 0.15) is 15.9 Å². The maximum Gasteiger partial charge on any atom is 0.176 e. The molecule has 2 nitrogen and oxygen atoms in total. The molecule has 0 bridgehead atoms. The highest BCUT2D eigenvalue weighted by Crippen LogP contribution is 2.03. The van der Waals surface area contributed by atoms with Gasteiger partial charge >= 0.3 is 0 Å². The minimum atomic E-state index is 0.140. The molecule has 0 atom stereocenters. The van der Waals surface area contributed by atoms with Crippen LogP contribution in [0.5, 0.6) is 0 Å². The van der Waals surface area contributed by atoms with E-state index in [4.69, 9.17) is 0 Å². The summed E-state index contributed by atoms with van der Waals surface area (Å²) in [6.45, 7) is 2.39. The van der Waals surface area contributed by atoms with Crippen molar-refractivity contribution in [2.24, 2.45) is 0 Å². The monoisotopic (exact) mass is 163 g/mol. The van der Waals surface area contributed by atoms with E-state index in [0.29, 0.717) is 6.54 Å². The largest absolute Gasteiger partial charge is 0.313 e. The van der Waals surface area contributed by atoms with Gasteiger partial charge in [0.2, 0.25) is 0 Å². The Labute approximate surface area is 72.6 Å². The molecule has 0 aliphatic rings. The summed E-state index contributed by atoms with van der Waals surface area (Å²) in [6, 6.07) is 7.63. The molecule has 0 saturated heterocycles. The van der Waals surface area contributed by atoms with E-state index in [-0.39, 0.29) is 5.78 Å². The van der Waals surface area contributed by atoms with E-state index in [1.165, 1.54) is 0 Å². The highest BCUT2D eigenvalue weighted by Gasteiger charge is 2.02. The predicted molar refractivity (Wildman–Crippen MR) is 49.4 cm³/mol. The van der Waals surface area contributed by atoms with Gasteiger partial charge in [0.05, 0.1) is 6.54 Å². The maximum absolute atomic E-state index is 11.3. The molecule has 64 valence electrons. The van der Waals surface area contributed by atoms with Crippen LogP contribution in [0.25, 0.3) is 0 Å². The van der Waals surface area contributed by atoms with Crippen molar-refractivity contribution in [3.05, 3.63) is 35.4 Å². The van der Waals surface area contributed by atoms with Crippen LogP contribution < -0.4 is 5.32 Å². The number of hydrogen-bond acceptors (Lipinski definition) is 2. The second-order valence-corrected chi connectivity index (χ2v) is 2.82. The standard InChI is InChI=1S/C10H13NO/c1-8-4-3-5-9(6-8)10(12)7-11-2/h3-6,11H,7H2,1-2H3. The number of nitrogens with one attached hydrogen (secondary N) is 1. The Bertz CT molecular complexity index is 281. The normalized spacial score (nSPS) is 9.83. The summed E-state index contributed by atoms with van der Waals surface area (Å²) in [5.41, 5.74) is 1.90. The fraction of sp³-hybridized carbons (Fsp3) is 0.300. The fourth-order valence-corrected chi connectivity index (χ4v) is 1.08. The van der Waals surface area contributed by atoms with Crippen LogP contribution >= 0.6 is 0 Å². The molecular weight excluding hydrogens is 150 g/mol. The molecule has 0 heterocycles. The Kier molecular flexibility index (Phi) is 3.00. The second kappa shape index (κ2) is 4.02. The van der Waals surface area contributed by atoms with Crippen LogP contribution in [-0.2, 0) is 0 Å². The van der Waals surface area contributed by atoms with E-state index in [0.717, 1.165) is 11.1 Å². The quantitative estimate of drug-likeness (QED) is 0.682. The van der Waals surface area contributed by atoms with Crippen molar-refractivity contribution in [3.8, 4) is 0 Å². The smallest absolute Gasteiger partial charge is 0.176 e. The lowest BCUT2D eigenvalue weighted by molar-refractivity contribution is 0.0993. The number of carbonyl (C=O) groups excluding carboxylic acids is 1. The van der Waals surface area contributed by atoms with Gasteiger partial charge < -0.3 is 5.32 Å². The van der Waals surface area contributed by atoms with Gasteiger partial charge in [-0.05, 0) is 20.0 Å². The molecule has 2 heteroatoms. The predicted octanol–water partition coefficient (Wildman–Crippen LogP) is 1.40. The minimum Gasteiger partial charge on any atom is -0.313 e. The lowest BCUT2D eigenvalue weighted by Crippen LogP contribution is -2.18. The van der Waals surface area contributed by atoms with E-state index in [1.54, 1.807) is 7.05 Å². The molecule has 0 aliphatic carbocycles. The maximum atomic E-state index is 11.3. The first-order chi connectivity index (χ1) is 5.74. The van der Waals surface area contributed by atoms with E-state index in [2.05, 4.69) is 5.32 Å². The van der Waals surface area contributed by atoms with Crippen molar-refractivity contribution in [2.45, 2.75) is 6.92 Å². The topological polar surface area (TPSA) is 29.1 Å². The Balaban J connectivity index is 2.81. The van der Waals surface area contributed by atoms with Crippen LogP contribution in [0.3, 0.4) is 0 Å². The molecular formula is C10H13NO. The molecule has 0 fully saturated rings. The van der Waals surface area contributed by atoms with Crippen LogP contribution in [0.15, 0.2) is 24.3 Å².